The topological polar surface area (TPSA) is 64.1 Å². The Morgan fingerprint density at radius 2 is 1.53 bits per heavy atom. The quantitative estimate of drug-likeness (QED) is 0.744. The summed E-state index contributed by atoms with van der Waals surface area (Å²) in [4.78, 5) is 32.4. The van der Waals surface area contributed by atoms with E-state index in [9.17, 15) is 14.7 Å². The normalized spacial score (nSPS) is 17.9. The number of nitrogens with zero attached hydrogens (tertiary/aromatic N) is 3. The molecule has 156 valence electrons. The zero-order chi connectivity index (χ0) is 21.1. The van der Waals surface area contributed by atoms with E-state index in [-0.39, 0.29) is 25.0 Å². The third kappa shape index (κ3) is 4.01. The van der Waals surface area contributed by atoms with Gasteiger partial charge in [-0.3, -0.25) is 19.4 Å². The predicted octanol–water partition coefficient (Wildman–Crippen LogP) is 1.89. The summed E-state index contributed by atoms with van der Waals surface area (Å²) in [5.74, 6) is -0.462. The second-order valence-corrected chi connectivity index (χ2v) is 7.82. The van der Waals surface area contributed by atoms with E-state index in [4.69, 9.17) is 0 Å². The van der Waals surface area contributed by atoms with E-state index in [1.165, 1.54) is 4.90 Å². The zero-order valence-electron chi connectivity index (χ0n) is 17.3. The highest BCUT2D eigenvalue weighted by Gasteiger charge is 2.42. The lowest BCUT2D eigenvalue weighted by atomic mass is 10.0. The summed E-state index contributed by atoms with van der Waals surface area (Å²) in [6.45, 7) is 5.84. The van der Waals surface area contributed by atoms with E-state index in [1.807, 2.05) is 66.4 Å². The summed E-state index contributed by atoms with van der Waals surface area (Å²) < 4.78 is 0. The van der Waals surface area contributed by atoms with E-state index in [2.05, 4.69) is 4.90 Å². The molecule has 1 saturated heterocycles. The van der Waals surface area contributed by atoms with Crippen LogP contribution in [-0.4, -0.2) is 71.0 Å². The van der Waals surface area contributed by atoms with Crippen LogP contribution in [0.5, 0.6) is 0 Å². The Kier molecular flexibility index (Phi) is 5.97. The van der Waals surface area contributed by atoms with Gasteiger partial charge in [-0.2, -0.15) is 0 Å². The van der Waals surface area contributed by atoms with Crippen molar-refractivity contribution in [2.24, 2.45) is 0 Å². The first-order valence-corrected chi connectivity index (χ1v) is 10.4. The SMILES string of the molecule is Cc1ccc(C2=C(N3CCN(CCO)CC3)C(=O)N(Cc3ccccc3)C2=O)cc1. The first kappa shape index (κ1) is 20.3. The molecule has 0 saturated carbocycles. The van der Waals surface area contributed by atoms with E-state index >= 15 is 0 Å². The Morgan fingerprint density at radius 1 is 0.867 bits per heavy atom. The largest absolute Gasteiger partial charge is 0.395 e. The number of aryl methyl sites for hydroxylation is 1. The minimum atomic E-state index is -0.236. The van der Waals surface area contributed by atoms with Crippen LogP contribution in [0.15, 0.2) is 60.3 Å². The molecule has 2 amide bonds. The summed E-state index contributed by atoms with van der Waals surface area (Å²) in [6.07, 6.45) is 0. The predicted molar refractivity (Wildman–Crippen MR) is 115 cm³/mol. The summed E-state index contributed by atoms with van der Waals surface area (Å²) in [6, 6.07) is 17.4. The summed E-state index contributed by atoms with van der Waals surface area (Å²) >= 11 is 0. The van der Waals surface area contributed by atoms with Gasteiger partial charge in [0, 0.05) is 32.7 Å². The molecule has 2 heterocycles. The molecule has 2 aliphatic heterocycles. The highest BCUT2D eigenvalue weighted by Crippen LogP contribution is 2.33. The third-order valence-corrected chi connectivity index (χ3v) is 5.77. The van der Waals surface area contributed by atoms with Crippen molar-refractivity contribution in [3.8, 4) is 0 Å². The molecule has 0 aliphatic carbocycles. The highest BCUT2D eigenvalue weighted by molar-refractivity contribution is 6.35. The number of hydrogen-bond acceptors (Lipinski definition) is 5. The fraction of sp³-hybridized carbons (Fsp3) is 0.333. The van der Waals surface area contributed by atoms with Gasteiger partial charge in [0.2, 0.25) is 0 Å². The van der Waals surface area contributed by atoms with Crippen molar-refractivity contribution >= 4 is 17.4 Å². The first-order chi connectivity index (χ1) is 14.6. The van der Waals surface area contributed by atoms with Gasteiger partial charge in [-0.05, 0) is 18.1 Å². The average Bonchev–Trinajstić information content (AvgIpc) is 3.01. The minimum absolute atomic E-state index is 0.125. The summed E-state index contributed by atoms with van der Waals surface area (Å²) in [5, 5.41) is 9.19. The molecule has 0 radical (unpaired) electrons. The van der Waals surface area contributed by atoms with Gasteiger partial charge in [-0.1, -0.05) is 60.2 Å². The van der Waals surface area contributed by atoms with Crippen LogP contribution in [0.3, 0.4) is 0 Å². The van der Waals surface area contributed by atoms with Crippen molar-refractivity contribution in [1.29, 1.82) is 0 Å². The van der Waals surface area contributed by atoms with Gasteiger partial charge in [-0.15, -0.1) is 0 Å². The Bertz CT molecular complexity index is 945. The molecular formula is C24H27N3O3. The molecule has 0 unspecified atom stereocenters. The molecule has 4 rings (SSSR count). The van der Waals surface area contributed by atoms with Crippen molar-refractivity contribution in [2.75, 3.05) is 39.3 Å². The molecular weight excluding hydrogens is 378 g/mol. The number of carbonyl (C=O) groups excluding carboxylic acids is 2. The summed E-state index contributed by atoms with van der Waals surface area (Å²) in [5.41, 5.74) is 3.81. The smallest absolute Gasteiger partial charge is 0.278 e. The average molecular weight is 405 g/mol. The van der Waals surface area contributed by atoms with Gasteiger partial charge in [0.05, 0.1) is 18.7 Å². The van der Waals surface area contributed by atoms with Gasteiger partial charge in [0.25, 0.3) is 11.8 Å². The molecule has 1 fully saturated rings. The lowest BCUT2D eigenvalue weighted by Gasteiger charge is -2.36. The van der Waals surface area contributed by atoms with Gasteiger partial charge in [0.15, 0.2) is 0 Å². The number of β-amino-alcohol motifs (C(OH)–C–C–N with tert-alkyl or cyclic N) is 1. The number of aliphatic hydroxyl groups is 1. The second-order valence-electron chi connectivity index (χ2n) is 7.82. The van der Waals surface area contributed by atoms with Gasteiger partial charge >= 0.3 is 0 Å². The molecule has 0 atom stereocenters. The number of rotatable bonds is 6. The standard InChI is InChI=1S/C24H27N3O3/c1-18-7-9-20(10-8-18)21-22(26-13-11-25(12-14-26)15-16-28)24(30)27(23(21)29)17-19-5-3-2-4-6-19/h2-10,28H,11-17H2,1H3. The van der Waals surface area contributed by atoms with E-state index in [0.29, 0.717) is 30.9 Å². The number of amides is 2. The molecule has 0 spiro atoms. The minimum Gasteiger partial charge on any atom is -0.395 e. The van der Waals surface area contributed by atoms with Crippen LogP contribution >= 0.6 is 0 Å². The van der Waals surface area contributed by atoms with Crippen LogP contribution in [-0.2, 0) is 16.1 Å². The zero-order valence-corrected chi connectivity index (χ0v) is 17.3. The number of piperazine rings is 1. The Hall–Kier alpha value is -2.96. The van der Waals surface area contributed by atoms with Crippen molar-refractivity contribution < 1.29 is 14.7 Å². The maximum Gasteiger partial charge on any atom is 0.278 e. The maximum absolute atomic E-state index is 13.4. The fourth-order valence-corrected chi connectivity index (χ4v) is 4.08. The lowest BCUT2D eigenvalue weighted by molar-refractivity contribution is -0.138. The molecule has 0 bridgehead atoms. The molecule has 0 aromatic heterocycles. The number of carbonyl (C=O) groups is 2. The van der Waals surface area contributed by atoms with Crippen LogP contribution in [0.1, 0.15) is 16.7 Å². The highest BCUT2D eigenvalue weighted by atomic mass is 16.3. The lowest BCUT2D eigenvalue weighted by Crippen LogP contribution is -2.48. The van der Waals surface area contributed by atoms with Crippen LogP contribution in [0.25, 0.3) is 5.57 Å². The molecule has 1 N–H and O–H groups in total. The molecule has 2 aliphatic rings. The summed E-state index contributed by atoms with van der Waals surface area (Å²) in [7, 11) is 0. The van der Waals surface area contributed by atoms with Gasteiger partial charge in [-0.25, -0.2) is 0 Å². The van der Waals surface area contributed by atoms with Crippen LogP contribution < -0.4 is 0 Å². The van der Waals surface area contributed by atoms with Gasteiger partial charge in [0.1, 0.15) is 5.70 Å². The van der Waals surface area contributed by atoms with Crippen molar-refractivity contribution in [1.82, 2.24) is 14.7 Å². The molecule has 6 heteroatoms. The Balaban J connectivity index is 1.67. The fourth-order valence-electron chi connectivity index (χ4n) is 4.08. The molecule has 30 heavy (non-hydrogen) atoms. The number of imide groups is 1. The first-order valence-electron chi connectivity index (χ1n) is 10.4. The van der Waals surface area contributed by atoms with Crippen molar-refractivity contribution in [3.05, 3.63) is 77.0 Å². The van der Waals surface area contributed by atoms with Crippen LogP contribution in [0, 0.1) is 6.92 Å². The maximum atomic E-state index is 13.4. The monoisotopic (exact) mass is 405 g/mol. The van der Waals surface area contributed by atoms with Crippen molar-refractivity contribution in [2.45, 2.75) is 13.5 Å². The van der Waals surface area contributed by atoms with Crippen LogP contribution in [0.4, 0.5) is 0 Å². The van der Waals surface area contributed by atoms with Gasteiger partial charge < -0.3 is 10.0 Å². The van der Waals surface area contributed by atoms with Crippen molar-refractivity contribution in [3.63, 3.8) is 0 Å². The van der Waals surface area contributed by atoms with E-state index in [0.717, 1.165) is 29.8 Å². The Morgan fingerprint density at radius 3 is 2.17 bits per heavy atom. The molecule has 2 aromatic carbocycles. The molecule has 6 nitrogen and oxygen atoms in total. The van der Waals surface area contributed by atoms with E-state index in [1.54, 1.807) is 0 Å². The number of benzene rings is 2. The third-order valence-electron chi connectivity index (χ3n) is 5.77. The van der Waals surface area contributed by atoms with E-state index < -0.39 is 0 Å². The second kappa shape index (κ2) is 8.81. The Labute approximate surface area is 177 Å². The molecule has 2 aromatic rings. The van der Waals surface area contributed by atoms with Crippen LogP contribution in [0.2, 0.25) is 0 Å². The number of aliphatic hydroxyl groups excluding tert-OH is 1. The number of hydrogen-bond donors (Lipinski definition) is 1.